The summed E-state index contributed by atoms with van der Waals surface area (Å²) in [5, 5.41) is 3.61. The lowest BCUT2D eigenvalue weighted by molar-refractivity contribution is 0.0940. The van der Waals surface area contributed by atoms with E-state index < -0.39 is 0 Å². The maximum absolute atomic E-state index is 13.1. The molecular weight excluding hydrogens is 418 g/mol. The van der Waals surface area contributed by atoms with Crippen LogP contribution >= 0.6 is 0 Å². The van der Waals surface area contributed by atoms with Gasteiger partial charge in [0.25, 0.3) is 11.5 Å². The number of aromatic nitrogens is 2. The zero-order chi connectivity index (χ0) is 23.5. The van der Waals surface area contributed by atoms with Crippen LogP contribution in [0.1, 0.15) is 66.0 Å². The van der Waals surface area contributed by atoms with Crippen LogP contribution in [-0.4, -0.2) is 29.7 Å². The van der Waals surface area contributed by atoms with E-state index in [-0.39, 0.29) is 17.5 Å². The largest absolute Gasteiger partial charge is 0.493 e. The summed E-state index contributed by atoms with van der Waals surface area (Å²) in [5.74, 6) is 1.87. The molecule has 1 aliphatic heterocycles. The molecule has 1 unspecified atom stereocenters. The Morgan fingerprint density at radius 1 is 1.06 bits per heavy atom. The number of amides is 1. The highest BCUT2D eigenvalue weighted by Gasteiger charge is 2.18. The van der Waals surface area contributed by atoms with Crippen molar-refractivity contribution in [1.82, 2.24) is 14.9 Å². The first-order valence-corrected chi connectivity index (χ1v) is 11.5. The Balaban J connectivity index is 1.62. The smallest absolute Gasteiger partial charge is 0.261 e. The fraction of sp³-hybridized carbons (Fsp3) is 0.423. The maximum atomic E-state index is 13.1. The third kappa shape index (κ3) is 4.58. The third-order valence-electron chi connectivity index (χ3n) is 6.41. The maximum Gasteiger partial charge on any atom is 0.261 e. The van der Waals surface area contributed by atoms with Crippen molar-refractivity contribution in [3.8, 4) is 11.5 Å². The second kappa shape index (κ2) is 9.65. The van der Waals surface area contributed by atoms with E-state index in [1.54, 1.807) is 32.4 Å². The highest BCUT2D eigenvalue weighted by atomic mass is 16.5. The summed E-state index contributed by atoms with van der Waals surface area (Å²) < 4.78 is 12.6. The molecule has 0 bridgehead atoms. The lowest BCUT2D eigenvalue weighted by atomic mass is 10.0. The molecule has 0 radical (unpaired) electrons. The fourth-order valence-corrected chi connectivity index (χ4v) is 4.56. The standard InChI is InChI=1S/C26H31N3O4/c1-16-13-22(32-3)23(33-4)15-20(16)17(2)27-25(30)18-10-11-19-21(14-18)28-24-9-7-5-6-8-12-29(24)26(19)31/h10-11,13-15,17H,5-9,12H2,1-4H3,(H,27,30). The first-order chi connectivity index (χ1) is 15.9. The molecule has 7 nitrogen and oxygen atoms in total. The summed E-state index contributed by atoms with van der Waals surface area (Å²) in [6.07, 6.45) is 5.11. The molecule has 1 N–H and O–H groups in total. The number of carbonyl (C=O) groups is 1. The molecule has 174 valence electrons. The Bertz CT molecular complexity index is 1250. The number of rotatable bonds is 5. The van der Waals surface area contributed by atoms with Gasteiger partial charge in [0, 0.05) is 18.5 Å². The lowest BCUT2D eigenvalue weighted by Gasteiger charge is -2.19. The van der Waals surface area contributed by atoms with Crippen LogP contribution in [-0.2, 0) is 13.0 Å². The van der Waals surface area contributed by atoms with Crippen molar-refractivity contribution in [2.45, 2.75) is 58.5 Å². The van der Waals surface area contributed by atoms with Gasteiger partial charge < -0.3 is 14.8 Å². The predicted octanol–water partition coefficient (Wildman–Crippen LogP) is 4.33. The van der Waals surface area contributed by atoms with Gasteiger partial charge in [0.05, 0.1) is 31.2 Å². The molecule has 2 aromatic carbocycles. The van der Waals surface area contributed by atoms with E-state index in [0.717, 1.165) is 49.1 Å². The second-order valence-electron chi connectivity index (χ2n) is 8.64. The molecule has 1 atom stereocenters. The zero-order valence-electron chi connectivity index (χ0n) is 19.7. The highest BCUT2D eigenvalue weighted by Crippen LogP contribution is 2.33. The molecular formula is C26H31N3O4. The Morgan fingerprint density at radius 3 is 2.55 bits per heavy atom. The molecule has 7 heteroatoms. The summed E-state index contributed by atoms with van der Waals surface area (Å²) in [6.45, 7) is 4.61. The van der Waals surface area contributed by atoms with Crippen molar-refractivity contribution in [1.29, 1.82) is 0 Å². The highest BCUT2D eigenvalue weighted by molar-refractivity contribution is 5.97. The number of benzene rings is 2. The van der Waals surface area contributed by atoms with Crippen molar-refractivity contribution < 1.29 is 14.3 Å². The van der Waals surface area contributed by atoms with E-state index in [1.807, 2.05) is 30.5 Å². The normalized spacial score (nSPS) is 14.7. The van der Waals surface area contributed by atoms with Gasteiger partial charge in [-0.05, 0) is 68.1 Å². The van der Waals surface area contributed by atoms with E-state index in [1.165, 1.54) is 0 Å². The van der Waals surface area contributed by atoms with Gasteiger partial charge in [-0.25, -0.2) is 4.98 Å². The second-order valence-corrected chi connectivity index (χ2v) is 8.64. The number of nitrogens with zero attached hydrogens (tertiary/aromatic N) is 2. The van der Waals surface area contributed by atoms with Crippen molar-refractivity contribution in [2.24, 2.45) is 0 Å². The SMILES string of the molecule is COc1cc(C)c(C(C)NC(=O)c2ccc3c(=O)n4c(nc3c2)CCCCCC4)cc1OC. The van der Waals surface area contributed by atoms with Gasteiger partial charge in [-0.15, -0.1) is 0 Å². The monoisotopic (exact) mass is 449 g/mol. The van der Waals surface area contributed by atoms with Crippen LogP contribution in [0.2, 0.25) is 0 Å². The van der Waals surface area contributed by atoms with Crippen molar-refractivity contribution in [3.05, 3.63) is 63.2 Å². The van der Waals surface area contributed by atoms with Crippen LogP contribution in [0, 0.1) is 6.92 Å². The number of nitrogens with one attached hydrogen (secondary N) is 1. The van der Waals surface area contributed by atoms with E-state index in [0.29, 0.717) is 34.5 Å². The molecule has 0 aliphatic carbocycles. The summed E-state index contributed by atoms with van der Waals surface area (Å²) in [4.78, 5) is 30.9. The minimum absolute atomic E-state index is 0.0156. The van der Waals surface area contributed by atoms with Crippen LogP contribution in [0.3, 0.4) is 0 Å². The van der Waals surface area contributed by atoms with Gasteiger partial charge in [0.1, 0.15) is 5.82 Å². The van der Waals surface area contributed by atoms with Gasteiger partial charge in [-0.2, -0.15) is 0 Å². The molecule has 33 heavy (non-hydrogen) atoms. The molecule has 1 aromatic heterocycles. The van der Waals surface area contributed by atoms with Crippen LogP contribution in [0.25, 0.3) is 10.9 Å². The average Bonchev–Trinajstić information content (AvgIpc) is 2.79. The Hall–Kier alpha value is -3.35. The molecule has 0 saturated heterocycles. The van der Waals surface area contributed by atoms with Gasteiger partial charge >= 0.3 is 0 Å². The topological polar surface area (TPSA) is 82.5 Å². The van der Waals surface area contributed by atoms with Crippen molar-refractivity contribution in [2.75, 3.05) is 14.2 Å². The first-order valence-electron chi connectivity index (χ1n) is 11.5. The third-order valence-corrected chi connectivity index (χ3v) is 6.41. The molecule has 2 heterocycles. The van der Waals surface area contributed by atoms with Crippen molar-refractivity contribution >= 4 is 16.8 Å². The number of methoxy groups -OCH3 is 2. The molecule has 3 aromatic rings. The number of fused-ring (bicyclic) bond motifs is 2. The summed E-state index contributed by atoms with van der Waals surface area (Å²) >= 11 is 0. The van der Waals surface area contributed by atoms with Gasteiger partial charge in [0.15, 0.2) is 11.5 Å². The van der Waals surface area contributed by atoms with E-state index >= 15 is 0 Å². The zero-order valence-corrected chi connectivity index (χ0v) is 19.7. The number of aryl methyl sites for hydroxylation is 2. The average molecular weight is 450 g/mol. The number of carbonyl (C=O) groups excluding carboxylic acids is 1. The Morgan fingerprint density at radius 2 is 1.79 bits per heavy atom. The molecule has 0 spiro atoms. The number of hydrogen-bond donors (Lipinski definition) is 1. The van der Waals surface area contributed by atoms with Gasteiger partial charge in [-0.1, -0.05) is 12.8 Å². The fourth-order valence-electron chi connectivity index (χ4n) is 4.56. The summed E-state index contributed by atoms with van der Waals surface area (Å²) in [7, 11) is 3.19. The Labute approximate surface area is 193 Å². The lowest BCUT2D eigenvalue weighted by Crippen LogP contribution is -2.28. The minimum Gasteiger partial charge on any atom is -0.493 e. The van der Waals surface area contributed by atoms with Crippen LogP contribution in [0.5, 0.6) is 11.5 Å². The van der Waals surface area contributed by atoms with Crippen LogP contribution in [0.4, 0.5) is 0 Å². The molecule has 1 amide bonds. The Kier molecular flexibility index (Phi) is 6.67. The first kappa shape index (κ1) is 22.8. The summed E-state index contributed by atoms with van der Waals surface area (Å²) in [5.41, 5.74) is 2.98. The van der Waals surface area contributed by atoms with Crippen LogP contribution < -0.4 is 20.3 Å². The number of hydrogen-bond acceptors (Lipinski definition) is 5. The molecule has 0 saturated carbocycles. The van der Waals surface area contributed by atoms with Crippen LogP contribution in [0.15, 0.2) is 35.1 Å². The van der Waals surface area contributed by atoms with Crippen molar-refractivity contribution in [3.63, 3.8) is 0 Å². The number of ether oxygens (including phenoxy) is 2. The van der Waals surface area contributed by atoms with Gasteiger partial charge in [0.2, 0.25) is 0 Å². The predicted molar refractivity (Wildman–Crippen MR) is 128 cm³/mol. The molecule has 0 fully saturated rings. The quantitative estimate of drug-likeness (QED) is 0.627. The van der Waals surface area contributed by atoms with E-state index in [9.17, 15) is 9.59 Å². The minimum atomic E-state index is -0.248. The van der Waals surface area contributed by atoms with E-state index in [4.69, 9.17) is 14.5 Å². The molecule has 4 rings (SSSR count). The summed E-state index contributed by atoms with van der Waals surface area (Å²) in [6, 6.07) is 8.68. The van der Waals surface area contributed by atoms with Gasteiger partial charge in [-0.3, -0.25) is 14.2 Å². The van der Waals surface area contributed by atoms with E-state index in [2.05, 4.69) is 5.32 Å². The molecule has 1 aliphatic rings.